The number of rotatable bonds is 4. The molecule has 168 valence electrons. The molecule has 0 bridgehead atoms. The van der Waals surface area contributed by atoms with Gasteiger partial charge in [0.2, 0.25) is 0 Å². The first-order chi connectivity index (χ1) is 15.7. The van der Waals surface area contributed by atoms with Crippen molar-refractivity contribution in [3.8, 4) is 0 Å². The lowest BCUT2D eigenvalue weighted by molar-refractivity contribution is 0.111. The summed E-state index contributed by atoms with van der Waals surface area (Å²) in [5.41, 5.74) is 2.92. The molecule has 0 heterocycles. The van der Waals surface area contributed by atoms with Gasteiger partial charge in [-0.15, -0.1) is 0 Å². The summed E-state index contributed by atoms with van der Waals surface area (Å²) in [4.78, 5) is 40.0. The van der Waals surface area contributed by atoms with Crippen molar-refractivity contribution in [3.05, 3.63) is 144 Å². The molecular formula is C28H27O4P. The first kappa shape index (κ1) is 29.0. The molecule has 1 unspecified atom stereocenters. The molecule has 0 radical (unpaired) electrons. The number of benzene rings is 4. The van der Waals surface area contributed by atoms with E-state index in [9.17, 15) is 19.2 Å². The second-order valence-corrected chi connectivity index (χ2v) is 6.11. The smallest absolute Gasteiger partial charge is 0.150 e. The third-order valence-electron chi connectivity index (χ3n) is 3.74. The Bertz CT molecular complexity index is 848. The van der Waals surface area contributed by atoms with Gasteiger partial charge >= 0.3 is 0 Å². The van der Waals surface area contributed by atoms with Crippen LogP contribution < -0.4 is 0 Å². The van der Waals surface area contributed by atoms with Crippen molar-refractivity contribution in [2.75, 3.05) is 0 Å². The van der Waals surface area contributed by atoms with Crippen LogP contribution in [-0.4, -0.2) is 25.1 Å². The van der Waals surface area contributed by atoms with Gasteiger partial charge in [-0.1, -0.05) is 121 Å². The molecule has 0 N–H and O–H groups in total. The van der Waals surface area contributed by atoms with Gasteiger partial charge in [-0.2, -0.15) is 9.90 Å². The Balaban J connectivity index is 0.000000410. The molecular weight excluding hydrogens is 431 g/mol. The van der Waals surface area contributed by atoms with Crippen LogP contribution in [0.3, 0.4) is 0 Å². The molecule has 0 aliphatic rings. The van der Waals surface area contributed by atoms with Gasteiger partial charge in [0.15, 0.2) is 0 Å². The van der Waals surface area contributed by atoms with Crippen LogP contribution >= 0.6 is 9.90 Å². The second kappa shape index (κ2) is 19.9. The van der Waals surface area contributed by atoms with Crippen LogP contribution in [0.2, 0.25) is 0 Å². The largest absolute Gasteiger partial charge is 0.298 e. The van der Waals surface area contributed by atoms with Crippen LogP contribution in [0.5, 0.6) is 0 Å². The molecule has 33 heavy (non-hydrogen) atoms. The zero-order valence-electron chi connectivity index (χ0n) is 18.2. The molecule has 1 atom stereocenters. The molecule has 5 heteroatoms. The monoisotopic (exact) mass is 458 g/mol. The van der Waals surface area contributed by atoms with Crippen molar-refractivity contribution < 1.29 is 19.2 Å². The van der Waals surface area contributed by atoms with E-state index in [1.54, 1.807) is 48.5 Å². The van der Waals surface area contributed by atoms with Gasteiger partial charge in [-0.25, -0.2) is 0 Å². The topological polar surface area (TPSA) is 68.3 Å². The zero-order valence-corrected chi connectivity index (χ0v) is 19.6. The predicted octanol–water partition coefficient (Wildman–Crippen LogP) is 6.05. The lowest BCUT2D eigenvalue weighted by atomic mass is 10.2. The van der Waals surface area contributed by atoms with Crippen LogP contribution in [0.25, 0.3) is 0 Å². The van der Waals surface area contributed by atoms with Gasteiger partial charge in [-0.3, -0.25) is 19.2 Å². The average molecular weight is 458 g/mol. The van der Waals surface area contributed by atoms with Crippen LogP contribution in [-0.2, 0) is 0 Å². The van der Waals surface area contributed by atoms with Crippen molar-refractivity contribution >= 4 is 35.0 Å². The van der Waals surface area contributed by atoms with Gasteiger partial charge in [-0.05, 0) is 0 Å². The van der Waals surface area contributed by atoms with Gasteiger partial charge in [0.05, 0.1) is 0 Å². The molecule has 0 aliphatic heterocycles. The van der Waals surface area contributed by atoms with E-state index in [0.717, 1.165) is 47.4 Å². The number of hydrogen-bond acceptors (Lipinski definition) is 4. The summed E-state index contributed by atoms with van der Waals surface area (Å²) in [7, 11) is 0. The van der Waals surface area contributed by atoms with Crippen molar-refractivity contribution in [1.29, 1.82) is 0 Å². The predicted molar refractivity (Wildman–Crippen MR) is 138 cm³/mol. The number of hydrogen-bond donors (Lipinski definition) is 0. The van der Waals surface area contributed by atoms with E-state index in [4.69, 9.17) is 0 Å². The number of aldehydes is 4. The highest BCUT2D eigenvalue weighted by Crippen LogP contribution is 1.93. The summed E-state index contributed by atoms with van der Waals surface area (Å²) in [5, 5.41) is 0. The fourth-order valence-electron chi connectivity index (χ4n) is 2.13. The van der Waals surface area contributed by atoms with E-state index in [1.165, 1.54) is 0 Å². The molecule has 0 saturated heterocycles. The van der Waals surface area contributed by atoms with Crippen molar-refractivity contribution in [2.24, 2.45) is 0 Å². The molecule has 4 aromatic rings. The maximum atomic E-state index is 10.0. The van der Waals surface area contributed by atoms with E-state index in [2.05, 4.69) is 0 Å². The highest BCUT2D eigenvalue weighted by atomic mass is 31.0. The maximum absolute atomic E-state index is 10.0. The summed E-state index contributed by atoms with van der Waals surface area (Å²) in [6.07, 6.45) is 3.33. The fourth-order valence-corrected chi connectivity index (χ4v) is 2.13. The van der Waals surface area contributed by atoms with E-state index in [0.29, 0.717) is 0 Å². The molecule has 0 aliphatic carbocycles. The molecule has 4 aromatic carbocycles. The van der Waals surface area contributed by atoms with Gasteiger partial charge in [0.25, 0.3) is 0 Å². The highest BCUT2D eigenvalue weighted by Gasteiger charge is 1.82. The molecule has 0 spiro atoms. The van der Waals surface area contributed by atoms with E-state index in [1.807, 2.05) is 72.8 Å². The molecule has 0 saturated carbocycles. The summed E-state index contributed by atoms with van der Waals surface area (Å²) in [6.45, 7) is 0. The van der Waals surface area contributed by atoms with E-state index in [-0.39, 0.29) is 9.90 Å². The molecule has 0 amide bonds. The van der Waals surface area contributed by atoms with Gasteiger partial charge in [0, 0.05) is 22.3 Å². The standard InChI is InChI=1S/4C7H6O.H3P/c4*8-6-7-4-2-1-3-5-7;/h4*1-6H;1H3. The molecule has 0 aromatic heterocycles. The Kier molecular flexibility index (Phi) is 17.5. The molecule has 0 fully saturated rings. The second-order valence-electron chi connectivity index (χ2n) is 6.11. The molecule has 4 nitrogen and oxygen atoms in total. The summed E-state index contributed by atoms with van der Waals surface area (Å²) >= 11 is 0. The number of carbonyl (C=O) groups excluding carboxylic acids is 4. The normalized spacial score (nSPS) is 8.24. The lowest BCUT2D eigenvalue weighted by Crippen LogP contribution is -1.73. The first-order valence-electron chi connectivity index (χ1n) is 9.74. The van der Waals surface area contributed by atoms with E-state index < -0.39 is 0 Å². The fraction of sp³-hybridized carbons (Fsp3) is 0. The van der Waals surface area contributed by atoms with E-state index >= 15 is 0 Å². The Labute approximate surface area is 197 Å². The van der Waals surface area contributed by atoms with Crippen LogP contribution in [0.15, 0.2) is 121 Å². The lowest BCUT2D eigenvalue weighted by Gasteiger charge is -1.81. The quantitative estimate of drug-likeness (QED) is 0.276. The van der Waals surface area contributed by atoms with Crippen LogP contribution in [0, 0.1) is 0 Å². The first-order valence-corrected chi connectivity index (χ1v) is 9.74. The van der Waals surface area contributed by atoms with Gasteiger partial charge < -0.3 is 0 Å². The highest BCUT2D eigenvalue weighted by molar-refractivity contribution is 6.92. The summed E-state index contributed by atoms with van der Waals surface area (Å²) < 4.78 is 0. The Morgan fingerprint density at radius 1 is 0.303 bits per heavy atom. The van der Waals surface area contributed by atoms with Gasteiger partial charge in [0.1, 0.15) is 25.1 Å². The van der Waals surface area contributed by atoms with Crippen LogP contribution in [0.1, 0.15) is 41.4 Å². The van der Waals surface area contributed by atoms with Crippen molar-refractivity contribution in [2.45, 2.75) is 0 Å². The third-order valence-corrected chi connectivity index (χ3v) is 3.74. The van der Waals surface area contributed by atoms with Crippen LogP contribution in [0.4, 0.5) is 0 Å². The van der Waals surface area contributed by atoms with Crippen molar-refractivity contribution in [1.82, 2.24) is 0 Å². The Hall–Kier alpha value is -4.01. The maximum Gasteiger partial charge on any atom is 0.150 e. The minimum absolute atomic E-state index is 0. The SMILES string of the molecule is O=Cc1ccccc1.O=Cc1ccccc1.O=Cc1ccccc1.O=Cc1ccccc1.P. The average Bonchev–Trinajstić information content (AvgIpc) is 2.91. The minimum atomic E-state index is 0. The Morgan fingerprint density at radius 3 is 0.545 bits per heavy atom. The molecule has 4 rings (SSSR count). The number of carbonyl (C=O) groups is 4. The third kappa shape index (κ3) is 14.6. The Morgan fingerprint density at radius 2 is 0.455 bits per heavy atom. The zero-order chi connectivity index (χ0) is 23.3. The summed E-state index contributed by atoms with van der Waals surface area (Å²) in [5.74, 6) is 0. The summed E-state index contributed by atoms with van der Waals surface area (Å²) in [6, 6.07) is 36.4. The minimum Gasteiger partial charge on any atom is -0.298 e. The van der Waals surface area contributed by atoms with Crippen molar-refractivity contribution in [3.63, 3.8) is 0 Å².